The van der Waals surface area contributed by atoms with E-state index in [1.165, 1.54) is 0 Å². The van der Waals surface area contributed by atoms with E-state index in [0.717, 1.165) is 82.6 Å². The van der Waals surface area contributed by atoms with Crippen molar-refractivity contribution in [2.45, 2.75) is 109 Å². The first kappa shape index (κ1) is 28.6. The Morgan fingerprint density at radius 2 is 1.34 bits per heavy atom. The van der Waals surface area contributed by atoms with E-state index in [9.17, 15) is 14.4 Å². The number of hydrogen-bond donors (Lipinski definition) is 1. The van der Waals surface area contributed by atoms with Crippen LogP contribution in [0.2, 0.25) is 0 Å². The molecule has 0 aromatic heterocycles. The molecule has 1 aromatic carbocycles. The van der Waals surface area contributed by atoms with Crippen LogP contribution in [-0.2, 0) is 35.2 Å². The number of fused-ring (bicyclic) bond motifs is 4. The molecule has 0 amide bonds. The van der Waals surface area contributed by atoms with Gasteiger partial charge in [0.05, 0.1) is 30.5 Å². The number of benzene rings is 1. The summed E-state index contributed by atoms with van der Waals surface area (Å²) in [6, 6.07) is 9.72. The minimum atomic E-state index is -0.353. The van der Waals surface area contributed by atoms with Crippen molar-refractivity contribution in [1.82, 2.24) is 0 Å². The van der Waals surface area contributed by atoms with Gasteiger partial charge in [-0.2, -0.15) is 0 Å². The minimum absolute atomic E-state index is 0.00738. The van der Waals surface area contributed by atoms with E-state index in [0.29, 0.717) is 26.2 Å². The highest BCUT2D eigenvalue weighted by atomic mass is 16.5. The van der Waals surface area contributed by atoms with Gasteiger partial charge in [-0.3, -0.25) is 14.4 Å². The predicted octanol–water partition coefficient (Wildman–Crippen LogP) is 5.62. The number of esters is 3. The van der Waals surface area contributed by atoms with E-state index in [4.69, 9.17) is 19.9 Å². The van der Waals surface area contributed by atoms with Gasteiger partial charge in [-0.15, -0.1) is 0 Å². The van der Waals surface area contributed by atoms with E-state index in [2.05, 4.69) is 0 Å². The Kier molecular flexibility index (Phi) is 8.85. The Morgan fingerprint density at radius 3 is 2.00 bits per heavy atom. The molecule has 2 N–H and O–H groups in total. The molecule has 4 saturated carbocycles. The van der Waals surface area contributed by atoms with Crippen molar-refractivity contribution in [3.05, 3.63) is 35.9 Å². The van der Waals surface area contributed by atoms with Crippen LogP contribution in [0.1, 0.15) is 103 Å². The van der Waals surface area contributed by atoms with Crippen molar-refractivity contribution in [1.29, 1.82) is 0 Å². The van der Waals surface area contributed by atoms with Gasteiger partial charge in [-0.1, -0.05) is 43.2 Å². The number of hydrogen-bond acceptors (Lipinski definition) is 7. The van der Waals surface area contributed by atoms with E-state index in [1.807, 2.05) is 44.2 Å². The second-order valence-corrected chi connectivity index (χ2v) is 12.2. The van der Waals surface area contributed by atoms with E-state index >= 15 is 0 Å². The third kappa shape index (κ3) is 6.24. The summed E-state index contributed by atoms with van der Waals surface area (Å²) in [7, 11) is 0. The second-order valence-electron chi connectivity index (χ2n) is 12.2. The van der Waals surface area contributed by atoms with Gasteiger partial charge in [0.2, 0.25) is 0 Å². The lowest BCUT2D eigenvalue weighted by molar-refractivity contribution is -0.159. The van der Waals surface area contributed by atoms with E-state index in [-0.39, 0.29) is 39.7 Å². The largest absolute Gasteiger partial charge is 0.466 e. The molecule has 210 valence electrons. The zero-order chi connectivity index (χ0) is 27.3. The van der Waals surface area contributed by atoms with Gasteiger partial charge >= 0.3 is 17.9 Å². The smallest absolute Gasteiger partial charge is 0.312 e. The molecular formula is C31H45NO6. The molecule has 4 atom stereocenters. The van der Waals surface area contributed by atoms with Gasteiger partial charge < -0.3 is 19.9 Å². The molecule has 0 saturated heterocycles. The monoisotopic (exact) mass is 527 g/mol. The minimum Gasteiger partial charge on any atom is -0.466 e. The number of carbonyl (C=O) groups excluding carboxylic acids is 3. The summed E-state index contributed by atoms with van der Waals surface area (Å²) in [5, 5.41) is 0. The number of carbonyl (C=O) groups is 3. The summed E-state index contributed by atoms with van der Waals surface area (Å²) < 4.78 is 15.9. The van der Waals surface area contributed by atoms with E-state index in [1.54, 1.807) is 0 Å². The SMILES string of the molecule is CCOC(=O)C12CCCC(CC(=O)OCc3ccccc3)(CC1)C2.CCOC(=O)C12CCCC(N)(CC1)C2. The van der Waals surface area contributed by atoms with Crippen LogP contribution >= 0.6 is 0 Å². The van der Waals surface area contributed by atoms with Gasteiger partial charge in [0.25, 0.3) is 0 Å². The zero-order valence-electron chi connectivity index (χ0n) is 23.2. The first-order valence-electron chi connectivity index (χ1n) is 14.5. The third-order valence-electron chi connectivity index (χ3n) is 9.51. The summed E-state index contributed by atoms with van der Waals surface area (Å²) in [6.45, 7) is 4.94. The van der Waals surface area contributed by atoms with Crippen LogP contribution < -0.4 is 5.73 Å². The highest BCUT2D eigenvalue weighted by Gasteiger charge is 2.56. The van der Waals surface area contributed by atoms with Crippen molar-refractivity contribution < 1.29 is 28.6 Å². The third-order valence-corrected chi connectivity index (χ3v) is 9.51. The van der Waals surface area contributed by atoms with Crippen molar-refractivity contribution >= 4 is 17.9 Å². The molecule has 4 unspecified atom stereocenters. The summed E-state index contributed by atoms with van der Waals surface area (Å²) in [5.41, 5.74) is 6.50. The quantitative estimate of drug-likeness (QED) is 0.345. The molecule has 0 aliphatic heterocycles. The average molecular weight is 528 g/mol. The zero-order valence-corrected chi connectivity index (χ0v) is 23.2. The Morgan fingerprint density at radius 1 is 0.737 bits per heavy atom. The van der Waals surface area contributed by atoms with Crippen LogP contribution in [-0.4, -0.2) is 36.7 Å². The van der Waals surface area contributed by atoms with Crippen molar-refractivity contribution in [3.8, 4) is 0 Å². The fraction of sp³-hybridized carbons (Fsp3) is 0.710. The van der Waals surface area contributed by atoms with Crippen LogP contribution in [0.25, 0.3) is 0 Å². The Labute approximate surface area is 227 Å². The second kappa shape index (κ2) is 11.8. The Balaban J connectivity index is 0.000000204. The molecule has 7 heteroatoms. The molecule has 1 aromatic rings. The topological polar surface area (TPSA) is 105 Å². The maximum Gasteiger partial charge on any atom is 0.312 e. The van der Waals surface area contributed by atoms with Crippen molar-refractivity contribution in [2.75, 3.05) is 13.2 Å². The van der Waals surface area contributed by atoms with E-state index < -0.39 is 0 Å². The number of rotatable bonds is 8. The van der Waals surface area contributed by atoms with Crippen LogP contribution in [0, 0.1) is 16.2 Å². The van der Waals surface area contributed by atoms with Crippen molar-refractivity contribution in [2.24, 2.45) is 22.0 Å². The van der Waals surface area contributed by atoms with Crippen LogP contribution in [0.15, 0.2) is 30.3 Å². The molecule has 7 nitrogen and oxygen atoms in total. The summed E-state index contributed by atoms with van der Waals surface area (Å²) >= 11 is 0. The normalized spacial score (nSPS) is 33.0. The van der Waals surface area contributed by atoms with Gasteiger partial charge in [-0.25, -0.2) is 0 Å². The molecular weight excluding hydrogens is 482 g/mol. The summed E-state index contributed by atoms with van der Waals surface area (Å²) in [4.78, 5) is 36.5. The standard InChI is InChI=1S/C20H26O4.C11H19NO2/c1-2-23-18(22)20-10-6-9-19(15-20,11-12-20)13-17(21)24-14-16-7-4-3-5-8-16;1-2-14-9(13)10-4-3-5-11(12,8-10)7-6-10/h3-5,7-8H,2,6,9-15H2,1H3;2-8,12H2,1H3. The highest BCUT2D eigenvalue weighted by molar-refractivity contribution is 5.78. The predicted molar refractivity (Wildman–Crippen MR) is 144 cm³/mol. The molecule has 0 spiro atoms. The fourth-order valence-electron chi connectivity index (χ4n) is 7.63. The van der Waals surface area contributed by atoms with Crippen molar-refractivity contribution in [3.63, 3.8) is 0 Å². The van der Waals surface area contributed by atoms with Gasteiger partial charge in [0, 0.05) is 5.54 Å². The first-order chi connectivity index (χ1) is 18.2. The van der Waals surface area contributed by atoms with Crippen LogP contribution in [0.4, 0.5) is 0 Å². The lowest BCUT2D eigenvalue weighted by atomic mass is 9.67. The molecule has 5 rings (SSSR count). The highest BCUT2D eigenvalue weighted by Crippen LogP contribution is 2.60. The van der Waals surface area contributed by atoms with Gasteiger partial charge in [0.1, 0.15) is 6.61 Å². The molecule has 38 heavy (non-hydrogen) atoms. The molecule has 4 bridgehead atoms. The maximum absolute atomic E-state index is 12.4. The molecule has 0 radical (unpaired) electrons. The Hall–Kier alpha value is -2.41. The first-order valence-corrected chi connectivity index (χ1v) is 14.5. The lowest BCUT2D eigenvalue weighted by Crippen LogP contribution is -2.44. The molecule has 4 fully saturated rings. The van der Waals surface area contributed by atoms with Gasteiger partial charge in [-0.05, 0) is 89.0 Å². The fourth-order valence-corrected chi connectivity index (χ4v) is 7.63. The summed E-state index contributed by atoms with van der Waals surface area (Å²) in [5.74, 6) is -0.225. The summed E-state index contributed by atoms with van der Waals surface area (Å²) in [6.07, 6.45) is 11.8. The molecule has 4 aliphatic rings. The number of nitrogens with two attached hydrogens (primary N) is 1. The lowest BCUT2D eigenvalue weighted by Gasteiger charge is -2.37. The van der Waals surface area contributed by atoms with Crippen LogP contribution in [0.5, 0.6) is 0 Å². The molecule has 0 heterocycles. The molecule has 4 aliphatic carbocycles. The van der Waals surface area contributed by atoms with Crippen LogP contribution in [0.3, 0.4) is 0 Å². The Bertz CT molecular complexity index is 997. The number of ether oxygens (including phenoxy) is 3. The average Bonchev–Trinajstić information content (AvgIpc) is 3.32. The maximum atomic E-state index is 12.4. The van der Waals surface area contributed by atoms with Gasteiger partial charge in [0.15, 0.2) is 0 Å².